The molecule has 0 bridgehead atoms. The monoisotopic (exact) mass is 387 g/mol. The van der Waals surface area contributed by atoms with Gasteiger partial charge in [-0.2, -0.15) is 0 Å². The van der Waals surface area contributed by atoms with Gasteiger partial charge in [-0.1, -0.05) is 0 Å². The van der Waals surface area contributed by atoms with E-state index in [-0.39, 0.29) is 44.2 Å². The van der Waals surface area contributed by atoms with Crippen LogP contribution in [0, 0.1) is 0 Å². The summed E-state index contributed by atoms with van der Waals surface area (Å²) in [5.74, 6) is -0.423. The molecular formula is C18H33N3O6. The average molecular weight is 387 g/mol. The first kappa shape index (κ1) is 23.2. The number of piperazine rings is 1. The van der Waals surface area contributed by atoms with Gasteiger partial charge in [0.05, 0.1) is 6.04 Å². The third kappa shape index (κ3) is 8.57. The third-order valence-electron chi connectivity index (χ3n) is 3.86. The highest BCUT2D eigenvalue weighted by Crippen LogP contribution is 2.15. The lowest BCUT2D eigenvalue weighted by atomic mass is 10.1. The van der Waals surface area contributed by atoms with Gasteiger partial charge in [-0.3, -0.25) is 9.59 Å². The molecule has 0 aromatic heterocycles. The highest BCUT2D eigenvalue weighted by molar-refractivity contribution is 5.79. The van der Waals surface area contributed by atoms with Crippen LogP contribution in [0.25, 0.3) is 0 Å². The zero-order chi connectivity index (χ0) is 20.4. The van der Waals surface area contributed by atoms with Crippen LogP contribution in [-0.4, -0.2) is 92.0 Å². The lowest BCUT2D eigenvalue weighted by molar-refractivity contribution is -0.141. The van der Waals surface area contributed by atoms with Crippen LogP contribution in [0.1, 0.15) is 34.6 Å². The molecule has 0 radical (unpaired) electrons. The minimum Gasteiger partial charge on any atom is -0.444 e. The fourth-order valence-electron chi connectivity index (χ4n) is 2.60. The van der Waals surface area contributed by atoms with E-state index in [4.69, 9.17) is 14.2 Å². The Morgan fingerprint density at radius 1 is 1.04 bits per heavy atom. The summed E-state index contributed by atoms with van der Waals surface area (Å²) in [7, 11) is 0. The summed E-state index contributed by atoms with van der Waals surface area (Å²) in [6.07, 6.45) is -0.426. The Bertz CT molecular complexity index is 506. The number of carbonyl (C=O) groups is 3. The molecule has 9 nitrogen and oxygen atoms in total. The van der Waals surface area contributed by atoms with E-state index in [1.54, 1.807) is 37.5 Å². The second-order valence-electron chi connectivity index (χ2n) is 7.25. The van der Waals surface area contributed by atoms with Gasteiger partial charge in [0.2, 0.25) is 11.8 Å². The number of amides is 3. The Morgan fingerprint density at radius 3 is 2.26 bits per heavy atom. The number of rotatable bonds is 8. The van der Waals surface area contributed by atoms with Crippen molar-refractivity contribution in [3.8, 4) is 0 Å². The van der Waals surface area contributed by atoms with Crippen LogP contribution in [0.2, 0.25) is 0 Å². The smallest absolute Gasteiger partial charge is 0.410 e. The summed E-state index contributed by atoms with van der Waals surface area (Å²) in [5.41, 5.74) is -0.597. The lowest BCUT2D eigenvalue weighted by Gasteiger charge is -2.41. The van der Waals surface area contributed by atoms with Gasteiger partial charge in [0.1, 0.15) is 18.8 Å². The molecule has 156 valence electrons. The SMILES string of the molecule is CCOCC(=O)NCC1CN(C(=O)OC(C)(C)C)CCN1C(=O)COCC. The minimum absolute atomic E-state index is 0.0215. The van der Waals surface area contributed by atoms with Crippen LogP contribution in [0.3, 0.4) is 0 Å². The molecule has 9 heteroatoms. The molecule has 1 fully saturated rings. The van der Waals surface area contributed by atoms with Crippen molar-refractivity contribution in [2.75, 3.05) is 52.6 Å². The van der Waals surface area contributed by atoms with Crippen molar-refractivity contribution in [3.05, 3.63) is 0 Å². The number of hydrogen-bond acceptors (Lipinski definition) is 6. The second kappa shape index (κ2) is 11.1. The number of nitrogens with zero attached hydrogens (tertiary/aromatic N) is 2. The van der Waals surface area contributed by atoms with Gasteiger partial charge in [-0.25, -0.2) is 4.79 Å². The Kier molecular flexibility index (Phi) is 9.51. The molecule has 1 rings (SSSR count). The molecule has 1 aliphatic rings. The molecule has 3 amide bonds. The molecular weight excluding hydrogens is 354 g/mol. The van der Waals surface area contributed by atoms with Crippen molar-refractivity contribution < 1.29 is 28.6 Å². The number of ether oxygens (including phenoxy) is 3. The van der Waals surface area contributed by atoms with E-state index in [1.165, 1.54) is 0 Å². The average Bonchev–Trinajstić information content (AvgIpc) is 2.60. The maximum atomic E-state index is 12.4. The van der Waals surface area contributed by atoms with Crippen LogP contribution < -0.4 is 5.32 Å². The number of nitrogens with one attached hydrogen (secondary N) is 1. The largest absolute Gasteiger partial charge is 0.444 e. The Morgan fingerprint density at radius 2 is 1.67 bits per heavy atom. The second-order valence-corrected chi connectivity index (χ2v) is 7.25. The Balaban J connectivity index is 2.73. The van der Waals surface area contributed by atoms with Crippen molar-refractivity contribution >= 4 is 17.9 Å². The quantitative estimate of drug-likeness (QED) is 0.656. The van der Waals surface area contributed by atoms with Crippen LogP contribution in [0.15, 0.2) is 0 Å². The predicted molar refractivity (Wildman–Crippen MR) is 99.3 cm³/mol. The van der Waals surface area contributed by atoms with Crippen molar-refractivity contribution in [3.63, 3.8) is 0 Å². The summed E-state index contributed by atoms with van der Waals surface area (Å²) in [5, 5.41) is 2.76. The van der Waals surface area contributed by atoms with Gasteiger partial charge in [0, 0.05) is 39.4 Å². The minimum atomic E-state index is -0.597. The van der Waals surface area contributed by atoms with Crippen LogP contribution in [-0.2, 0) is 23.8 Å². The van der Waals surface area contributed by atoms with E-state index in [0.29, 0.717) is 26.3 Å². The van der Waals surface area contributed by atoms with Crippen molar-refractivity contribution in [1.29, 1.82) is 0 Å². The molecule has 1 heterocycles. The normalized spacial score (nSPS) is 17.6. The molecule has 0 spiro atoms. The zero-order valence-corrected chi connectivity index (χ0v) is 17.1. The molecule has 1 aliphatic heterocycles. The molecule has 0 aromatic rings. The van der Waals surface area contributed by atoms with Crippen LogP contribution >= 0.6 is 0 Å². The maximum Gasteiger partial charge on any atom is 0.410 e. The van der Waals surface area contributed by atoms with Gasteiger partial charge in [-0.15, -0.1) is 0 Å². The van der Waals surface area contributed by atoms with Gasteiger partial charge in [0.25, 0.3) is 0 Å². The van der Waals surface area contributed by atoms with Gasteiger partial charge in [-0.05, 0) is 34.6 Å². The number of carbonyl (C=O) groups excluding carboxylic acids is 3. The molecule has 1 unspecified atom stereocenters. The fraction of sp³-hybridized carbons (Fsp3) is 0.833. The first-order valence-electron chi connectivity index (χ1n) is 9.37. The Hall–Kier alpha value is -1.87. The molecule has 1 N–H and O–H groups in total. The van der Waals surface area contributed by atoms with E-state index in [0.717, 1.165) is 0 Å². The standard InChI is InChI=1S/C18H33N3O6/c1-6-25-12-15(22)19-10-14-11-20(17(24)27-18(3,4)5)8-9-21(14)16(23)13-26-7-2/h14H,6-13H2,1-5H3,(H,19,22). The van der Waals surface area contributed by atoms with E-state index < -0.39 is 11.7 Å². The third-order valence-corrected chi connectivity index (χ3v) is 3.86. The summed E-state index contributed by atoms with van der Waals surface area (Å²) in [4.78, 5) is 39.8. The Labute approximate surface area is 161 Å². The van der Waals surface area contributed by atoms with Crippen molar-refractivity contribution in [1.82, 2.24) is 15.1 Å². The van der Waals surface area contributed by atoms with Crippen LogP contribution in [0.5, 0.6) is 0 Å². The van der Waals surface area contributed by atoms with Crippen molar-refractivity contribution in [2.45, 2.75) is 46.3 Å². The maximum absolute atomic E-state index is 12.4. The summed E-state index contributed by atoms with van der Waals surface area (Å²) < 4.78 is 15.7. The number of hydrogen-bond donors (Lipinski definition) is 1. The topological polar surface area (TPSA) is 97.4 Å². The van der Waals surface area contributed by atoms with Crippen LogP contribution in [0.4, 0.5) is 4.79 Å². The van der Waals surface area contributed by atoms with E-state index in [9.17, 15) is 14.4 Å². The molecule has 0 aromatic carbocycles. The molecule has 1 saturated heterocycles. The molecule has 1 atom stereocenters. The van der Waals surface area contributed by atoms with Crippen molar-refractivity contribution in [2.24, 2.45) is 0 Å². The van der Waals surface area contributed by atoms with E-state index in [2.05, 4.69) is 5.32 Å². The summed E-state index contributed by atoms with van der Waals surface area (Å²) in [6.45, 7) is 11.1. The van der Waals surface area contributed by atoms with Gasteiger partial charge < -0.3 is 29.3 Å². The lowest BCUT2D eigenvalue weighted by Crippen LogP contribution is -2.60. The predicted octanol–water partition coefficient (Wildman–Crippen LogP) is 0.624. The first-order chi connectivity index (χ1) is 12.7. The summed E-state index contributed by atoms with van der Waals surface area (Å²) in [6, 6.07) is -0.357. The van der Waals surface area contributed by atoms with Gasteiger partial charge in [0.15, 0.2) is 0 Å². The molecule has 0 saturated carbocycles. The fourth-order valence-corrected chi connectivity index (χ4v) is 2.60. The van der Waals surface area contributed by atoms with E-state index in [1.807, 2.05) is 6.92 Å². The highest BCUT2D eigenvalue weighted by Gasteiger charge is 2.34. The highest BCUT2D eigenvalue weighted by atomic mass is 16.6. The van der Waals surface area contributed by atoms with E-state index >= 15 is 0 Å². The molecule has 27 heavy (non-hydrogen) atoms. The van der Waals surface area contributed by atoms with Gasteiger partial charge >= 0.3 is 6.09 Å². The zero-order valence-electron chi connectivity index (χ0n) is 17.1. The first-order valence-corrected chi connectivity index (χ1v) is 9.37. The summed E-state index contributed by atoms with van der Waals surface area (Å²) >= 11 is 0. The molecule has 0 aliphatic carbocycles.